The lowest BCUT2D eigenvalue weighted by atomic mass is 10.1. The van der Waals surface area contributed by atoms with E-state index < -0.39 is 17.9 Å². The van der Waals surface area contributed by atoms with Crippen molar-refractivity contribution in [3.63, 3.8) is 0 Å². The summed E-state index contributed by atoms with van der Waals surface area (Å²) >= 11 is 4.23. The zero-order valence-electron chi connectivity index (χ0n) is 20.5. The number of carboxylic acids is 1. The third-order valence-corrected chi connectivity index (χ3v) is 5.32. The molecule has 0 spiro atoms. The van der Waals surface area contributed by atoms with E-state index in [1.165, 1.54) is 51.4 Å². The fourth-order valence-electron chi connectivity index (χ4n) is 3.16. The molecule has 0 saturated heterocycles. The first kappa shape index (κ1) is 32.4. The molecule has 0 aromatic heterocycles. The zero-order chi connectivity index (χ0) is 25.3. The smallest absolute Gasteiger partial charge is 0.326 e. The van der Waals surface area contributed by atoms with Crippen LogP contribution in [0.15, 0.2) is 4.99 Å². The number of carbonyl (C=O) groups is 2. The van der Waals surface area contributed by atoms with Crippen LogP contribution in [0.25, 0.3) is 0 Å². The van der Waals surface area contributed by atoms with E-state index in [9.17, 15) is 14.7 Å². The van der Waals surface area contributed by atoms with Crippen LogP contribution in [0.4, 0.5) is 0 Å². The Morgan fingerprint density at radius 1 is 0.794 bits per heavy atom. The monoisotopic (exact) mass is 506 g/mol. The molecule has 200 valence electrons. The largest absolute Gasteiger partial charge is 0.480 e. The molecule has 0 aromatic rings. The Balaban J connectivity index is 3.46. The van der Waals surface area contributed by atoms with Crippen molar-refractivity contribution in [2.45, 2.75) is 76.7 Å². The Labute approximate surface area is 210 Å². The second kappa shape index (κ2) is 24.6. The van der Waals surface area contributed by atoms with Crippen molar-refractivity contribution in [1.82, 2.24) is 5.32 Å². The van der Waals surface area contributed by atoms with Gasteiger partial charge in [-0.1, -0.05) is 44.9 Å². The average Bonchev–Trinajstić information content (AvgIpc) is 2.80. The summed E-state index contributed by atoms with van der Waals surface area (Å²) in [5, 5.41) is 11.6. The normalized spacial score (nSPS) is 11.8. The number of nitrogens with one attached hydrogen (secondary N) is 1. The molecule has 0 bridgehead atoms. The van der Waals surface area contributed by atoms with Crippen molar-refractivity contribution in [1.29, 1.82) is 0 Å². The number of thiol groups is 1. The molecule has 0 aromatic carbocycles. The molecule has 0 unspecified atom stereocenters. The SMILES string of the molecule is NC(N)=NCCC[C@H](NC(=O)COCCOCCOCCCCCCCCCCCS)C(=O)O. The Morgan fingerprint density at radius 3 is 1.88 bits per heavy atom. The fourth-order valence-corrected chi connectivity index (χ4v) is 3.38. The molecule has 11 heteroatoms. The van der Waals surface area contributed by atoms with Gasteiger partial charge in [0.05, 0.1) is 26.4 Å². The van der Waals surface area contributed by atoms with Gasteiger partial charge >= 0.3 is 5.97 Å². The number of ether oxygens (including phenoxy) is 3. The molecular formula is C23H46N4O6S. The molecule has 1 atom stereocenters. The first-order valence-corrected chi connectivity index (χ1v) is 13.0. The van der Waals surface area contributed by atoms with Crippen molar-refractivity contribution >= 4 is 30.5 Å². The summed E-state index contributed by atoms with van der Waals surface area (Å²) in [6, 6.07) is -1.01. The molecular weight excluding hydrogens is 460 g/mol. The molecule has 0 saturated carbocycles. The molecule has 34 heavy (non-hydrogen) atoms. The van der Waals surface area contributed by atoms with E-state index in [1.54, 1.807) is 0 Å². The number of nitrogens with two attached hydrogens (primary N) is 2. The van der Waals surface area contributed by atoms with Crippen LogP contribution >= 0.6 is 12.6 Å². The summed E-state index contributed by atoms with van der Waals surface area (Å²) in [5.74, 6) is -0.660. The van der Waals surface area contributed by atoms with E-state index in [1.807, 2.05) is 0 Å². The standard InChI is InChI=1S/C23H46N4O6S/c24-23(25)26-12-10-11-20(22(29)30)27-21(28)19-33-17-16-32-15-14-31-13-8-6-4-2-1-3-5-7-9-18-34/h20,34H,1-19H2,(H,27,28)(H,29,30)(H4,24,25,26)/t20-/m0/s1. The number of unbranched alkanes of at least 4 members (excludes halogenated alkanes) is 8. The van der Waals surface area contributed by atoms with E-state index in [0.29, 0.717) is 32.8 Å². The van der Waals surface area contributed by atoms with Gasteiger partial charge in [0.25, 0.3) is 0 Å². The highest BCUT2D eigenvalue weighted by Gasteiger charge is 2.19. The minimum atomic E-state index is -1.11. The predicted octanol–water partition coefficient (Wildman–Crippen LogP) is 2.10. The molecule has 10 nitrogen and oxygen atoms in total. The Hall–Kier alpha value is -1.56. The summed E-state index contributed by atoms with van der Waals surface area (Å²) in [6.07, 6.45) is 12.0. The van der Waals surface area contributed by atoms with Crippen LogP contribution in [0.1, 0.15) is 70.6 Å². The first-order valence-electron chi connectivity index (χ1n) is 12.4. The number of rotatable bonds is 25. The molecule has 0 aliphatic carbocycles. The van der Waals surface area contributed by atoms with Crippen molar-refractivity contribution < 1.29 is 28.9 Å². The van der Waals surface area contributed by atoms with Crippen molar-refractivity contribution in [3.8, 4) is 0 Å². The molecule has 0 aliphatic heterocycles. The number of nitrogens with zero attached hydrogens (tertiary/aromatic N) is 1. The number of amides is 1. The third-order valence-electron chi connectivity index (χ3n) is 5.00. The lowest BCUT2D eigenvalue weighted by Gasteiger charge is -2.14. The lowest BCUT2D eigenvalue weighted by molar-refractivity contribution is -0.142. The van der Waals surface area contributed by atoms with Crippen LogP contribution < -0.4 is 16.8 Å². The number of hydrogen-bond donors (Lipinski definition) is 5. The van der Waals surface area contributed by atoms with E-state index in [0.717, 1.165) is 18.8 Å². The lowest BCUT2D eigenvalue weighted by Crippen LogP contribution is -2.42. The Kier molecular flexibility index (Phi) is 23.4. The average molecular weight is 507 g/mol. The van der Waals surface area contributed by atoms with Crippen molar-refractivity contribution in [2.24, 2.45) is 16.5 Å². The molecule has 1 amide bonds. The van der Waals surface area contributed by atoms with Gasteiger partial charge in [-0.3, -0.25) is 9.79 Å². The maximum atomic E-state index is 11.8. The van der Waals surface area contributed by atoms with Gasteiger partial charge in [-0.2, -0.15) is 12.6 Å². The minimum Gasteiger partial charge on any atom is -0.480 e. The summed E-state index contributed by atoms with van der Waals surface area (Å²) in [5.41, 5.74) is 10.4. The molecule has 0 rings (SSSR count). The maximum absolute atomic E-state index is 11.8. The summed E-state index contributed by atoms with van der Waals surface area (Å²) < 4.78 is 16.2. The van der Waals surface area contributed by atoms with Gasteiger partial charge in [-0.15, -0.1) is 0 Å². The van der Waals surface area contributed by atoms with Crippen molar-refractivity contribution in [2.75, 3.05) is 51.9 Å². The Morgan fingerprint density at radius 2 is 1.32 bits per heavy atom. The molecule has 0 aliphatic rings. The second-order valence-electron chi connectivity index (χ2n) is 8.09. The highest BCUT2D eigenvalue weighted by atomic mass is 32.1. The number of aliphatic imine (C=N–C) groups is 1. The number of carbonyl (C=O) groups excluding carboxylic acids is 1. The zero-order valence-corrected chi connectivity index (χ0v) is 21.4. The van der Waals surface area contributed by atoms with Gasteiger partial charge in [0.1, 0.15) is 12.6 Å². The molecule has 0 heterocycles. The summed E-state index contributed by atoms with van der Waals surface area (Å²) in [4.78, 5) is 26.9. The van der Waals surface area contributed by atoms with E-state index in [2.05, 4.69) is 22.9 Å². The number of guanidine groups is 1. The topological polar surface area (TPSA) is 158 Å². The molecule has 0 radical (unpaired) electrons. The number of aliphatic carboxylic acids is 1. The van der Waals surface area contributed by atoms with Gasteiger partial charge in [0.15, 0.2) is 5.96 Å². The van der Waals surface area contributed by atoms with Gasteiger partial charge in [-0.05, 0) is 31.4 Å². The highest BCUT2D eigenvalue weighted by molar-refractivity contribution is 7.80. The number of carboxylic acid groups (broad SMARTS) is 1. The summed E-state index contributed by atoms with van der Waals surface area (Å²) in [7, 11) is 0. The molecule has 0 fully saturated rings. The van der Waals surface area contributed by atoms with Crippen LogP contribution in [0.5, 0.6) is 0 Å². The van der Waals surface area contributed by atoms with Crippen LogP contribution in [0.3, 0.4) is 0 Å². The van der Waals surface area contributed by atoms with Gasteiger partial charge in [0.2, 0.25) is 5.91 Å². The highest BCUT2D eigenvalue weighted by Crippen LogP contribution is 2.10. The van der Waals surface area contributed by atoms with Crippen LogP contribution in [-0.2, 0) is 23.8 Å². The molecule has 6 N–H and O–H groups in total. The quantitative estimate of drug-likeness (QED) is 0.0545. The van der Waals surface area contributed by atoms with Gasteiger partial charge < -0.3 is 36.1 Å². The van der Waals surface area contributed by atoms with Crippen LogP contribution in [0.2, 0.25) is 0 Å². The van der Waals surface area contributed by atoms with E-state index in [4.69, 9.17) is 25.7 Å². The number of hydrogen-bond acceptors (Lipinski definition) is 7. The van der Waals surface area contributed by atoms with E-state index in [-0.39, 0.29) is 25.6 Å². The minimum absolute atomic E-state index is 0.0505. The first-order chi connectivity index (χ1) is 16.5. The van der Waals surface area contributed by atoms with Crippen LogP contribution in [0, 0.1) is 0 Å². The van der Waals surface area contributed by atoms with Gasteiger partial charge in [0, 0.05) is 13.2 Å². The second-order valence-corrected chi connectivity index (χ2v) is 8.54. The summed E-state index contributed by atoms with van der Waals surface area (Å²) in [6.45, 7) is 2.41. The van der Waals surface area contributed by atoms with Crippen molar-refractivity contribution in [3.05, 3.63) is 0 Å². The maximum Gasteiger partial charge on any atom is 0.326 e. The third kappa shape index (κ3) is 23.6. The van der Waals surface area contributed by atoms with Crippen LogP contribution in [-0.4, -0.2) is 80.9 Å². The fraction of sp³-hybridized carbons (Fsp3) is 0.870. The van der Waals surface area contributed by atoms with E-state index >= 15 is 0 Å². The van der Waals surface area contributed by atoms with Gasteiger partial charge in [-0.25, -0.2) is 4.79 Å². The Bertz CT molecular complexity index is 536. The predicted molar refractivity (Wildman–Crippen MR) is 137 cm³/mol.